The Balaban J connectivity index is 1.76. The van der Waals surface area contributed by atoms with Gasteiger partial charge in [-0.2, -0.15) is 8.78 Å². The van der Waals surface area contributed by atoms with Crippen LogP contribution in [0.3, 0.4) is 0 Å². The molecular weight excluding hydrogens is 410 g/mol. The Kier molecular flexibility index (Phi) is 5.19. The molecule has 0 unspecified atom stereocenters. The van der Waals surface area contributed by atoms with Gasteiger partial charge in [0, 0.05) is 17.4 Å². The zero-order chi connectivity index (χ0) is 19.7. The van der Waals surface area contributed by atoms with Crippen LogP contribution in [0.15, 0.2) is 63.4 Å². The first-order chi connectivity index (χ1) is 13.5. The van der Waals surface area contributed by atoms with Gasteiger partial charge in [0.15, 0.2) is 5.16 Å². The number of hydrogen-bond acceptors (Lipinski definition) is 5. The minimum absolute atomic E-state index is 0.119. The molecule has 3 heterocycles. The average Bonchev–Trinajstić information content (AvgIpc) is 3.34. The second kappa shape index (κ2) is 7.76. The molecule has 0 saturated carbocycles. The lowest BCUT2D eigenvalue weighted by Crippen LogP contribution is -2.24. The Morgan fingerprint density at radius 1 is 1.29 bits per heavy atom. The van der Waals surface area contributed by atoms with Gasteiger partial charge in [0.05, 0.1) is 29.5 Å². The summed E-state index contributed by atoms with van der Waals surface area (Å²) >= 11 is 7.17. The van der Waals surface area contributed by atoms with Crippen LogP contribution >= 0.6 is 23.4 Å². The van der Waals surface area contributed by atoms with E-state index in [0.717, 1.165) is 16.3 Å². The van der Waals surface area contributed by atoms with Crippen molar-refractivity contribution in [3.05, 3.63) is 75.9 Å². The Morgan fingerprint density at radius 2 is 2.14 bits per heavy atom. The van der Waals surface area contributed by atoms with Gasteiger partial charge in [-0.15, -0.1) is 0 Å². The number of imidazole rings is 1. The summed E-state index contributed by atoms with van der Waals surface area (Å²) in [6, 6.07) is 8.30. The van der Waals surface area contributed by atoms with Crippen LogP contribution in [0.1, 0.15) is 18.1 Å². The van der Waals surface area contributed by atoms with E-state index in [4.69, 9.17) is 16.0 Å². The Morgan fingerprint density at radius 3 is 2.89 bits per heavy atom. The molecule has 0 fully saturated rings. The Bertz CT molecular complexity index is 1170. The SMILES string of the molecule is O=c1c2ccc(Cl)cc2nc(SCc2nccn2C(F)F)n1Cc1ccco1. The summed E-state index contributed by atoms with van der Waals surface area (Å²) in [6.07, 6.45) is 4.04. The zero-order valence-electron chi connectivity index (χ0n) is 14.3. The number of nitrogens with zero attached hydrogens (tertiary/aromatic N) is 4. The summed E-state index contributed by atoms with van der Waals surface area (Å²) < 4.78 is 33.7. The molecule has 144 valence electrons. The van der Waals surface area contributed by atoms with E-state index >= 15 is 0 Å². The van der Waals surface area contributed by atoms with Crippen LogP contribution in [-0.2, 0) is 12.3 Å². The highest BCUT2D eigenvalue weighted by Crippen LogP contribution is 2.25. The van der Waals surface area contributed by atoms with Crippen molar-refractivity contribution in [1.82, 2.24) is 19.1 Å². The minimum Gasteiger partial charge on any atom is -0.467 e. The highest BCUT2D eigenvalue weighted by molar-refractivity contribution is 7.98. The van der Waals surface area contributed by atoms with Crippen molar-refractivity contribution in [3.8, 4) is 0 Å². The molecule has 3 aromatic heterocycles. The number of aromatic nitrogens is 4. The Labute approximate surface area is 166 Å². The van der Waals surface area contributed by atoms with Gasteiger partial charge < -0.3 is 4.42 Å². The smallest absolute Gasteiger partial charge is 0.319 e. The van der Waals surface area contributed by atoms with E-state index in [0.29, 0.717) is 26.8 Å². The number of fused-ring (bicyclic) bond motifs is 1. The largest absolute Gasteiger partial charge is 0.467 e. The molecule has 0 aliphatic rings. The fourth-order valence-corrected chi connectivity index (χ4v) is 3.86. The van der Waals surface area contributed by atoms with Crippen LogP contribution < -0.4 is 5.56 Å². The van der Waals surface area contributed by atoms with E-state index in [1.165, 1.54) is 23.2 Å². The number of furan rings is 1. The minimum atomic E-state index is -2.69. The van der Waals surface area contributed by atoms with Crippen LogP contribution in [0.5, 0.6) is 0 Å². The predicted molar refractivity (Wildman–Crippen MR) is 102 cm³/mol. The zero-order valence-corrected chi connectivity index (χ0v) is 15.8. The molecule has 6 nitrogen and oxygen atoms in total. The second-order valence-electron chi connectivity index (χ2n) is 5.84. The molecule has 0 aliphatic carbocycles. The molecule has 28 heavy (non-hydrogen) atoms. The molecule has 0 bridgehead atoms. The lowest BCUT2D eigenvalue weighted by atomic mass is 10.2. The van der Waals surface area contributed by atoms with Gasteiger partial charge in [0.2, 0.25) is 0 Å². The van der Waals surface area contributed by atoms with Crippen molar-refractivity contribution >= 4 is 34.3 Å². The fraction of sp³-hybridized carbons (Fsp3) is 0.167. The van der Waals surface area contributed by atoms with Crippen LogP contribution in [0.25, 0.3) is 10.9 Å². The predicted octanol–water partition coefficient (Wildman–Crippen LogP) is 4.58. The van der Waals surface area contributed by atoms with Crippen molar-refractivity contribution in [1.29, 1.82) is 0 Å². The van der Waals surface area contributed by atoms with Crippen molar-refractivity contribution < 1.29 is 13.2 Å². The normalized spacial score (nSPS) is 11.6. The van der Waals surface area contributed by atoms with Gasteiger partial charge in [-0.1, -0.05) is 23.4 Å². The third kappa shape index (κ3) is 3.67. The van der Waals surface area contributed by atoms with E-state index in [2.05, 4.69) is 9.97 Å². The van der Waals surface area contributed by atoms with Crippen LogP contribution in [-0.4, -0.2) is 19.1 Å². The maximum Gasteiger partial charge on any atom is 0.319 e. The molecule has 0 aliphatic heterocycles. The van der Waals surface area contributed by atoms with Crippen molar-refractivity contribution in [2.24, 2.45) is 0 Å². The number of rotatable bonds is 6. The lowest BCUT2D eigenvalue weighted by molar-refractivity contribution is 0.0678. The number of thioether (sulfide) groups is 1. The molecule has 1 aromatic carbocycles. The van der Waals surface area contributed by atoms with Crippen molar-refractivity contribution in [2.45, 2.75) is 24.0 Å². The summed E-state index contributed by atoms with van der Waals surface area (Å²) in [5.74, 6) is 0.881. The van der Waals surface area contributed by atoms with E-state index in [1.807, 2.05) is 0 Å². The first kappa shape index (κ1) is 18.7. The summed E-state index contributed by atoms with van der Waals surface area (Å²) in [5, 5.41) is 1.22. The molecule has 0 N–H and O–H groups in total. The standard InChI is InChI=1S/C18H13ClF2N4O2S/c19-11-3-4-13-14(8-11)23-18(25(16(13)26)9-12-2-1-7-27-12)28-10-15-22-5-6-24(15)17(20)21/h1-8,17H,9-10H2. The first-order valence-electron chi connectivity index (χ1n) is 8.18. The highest BCUT2D eigenvalue weighted by Gasteiger charge is 2.16. The van der Waals surface area contributed by atoms with Crippen LogP contribution in [0.4, 0.5) is 8.78 Å². The number of halogens is 3. The number of hydrogen-bond donors (Lipinski definition) is 0. The summed E-state index contributed by atoms with van der Waals surface area (Å²) in [4.78, 5) is 21.5. The monoisotopic (exact) mass is 422 g/mol. The fourth-order valence-electron chi connectivity index (χ4n) is 2.74. The van der Waals surface area contributed by atoms with E-state index in [9.17, 15) is 13.6 Å². The van der Waals surface area contributed by atoms with E-state index in [1.54, 1.807) is 30.3 Å². The highest BCUT2D eigenvalue weighted by atomic mass is 35.5. The molecule has 4 rings (SSSR count). The van der Waals surface area contributed by atoms with Gasteiger partial charge in [0.25, 0.3) is 5.56 Å². The maximum absolute atomic E-state index is 13.1. The first-order valence-corrected chi connectivity index (χ1v) is 9.54. The molecule has 0 saturated heterocycles. The second-order valence-corrected chi connectivity index (χ2v) is 7.22. The third-order valence-electron chi connectivity index (χ3n) is 4.07. The van der Waals surface area contributed by atoms with E-state index < -0.39 is 6.55 Å². The topological polar surface area (TPSA) is 65.8 Å². The molecule has 0 radical (unpaired) electrons. The lowest BCUT2D eigenvalue weighted by Gasteiger charge is -2.12. The quantitative estimate of drug-likeness (QED) is 0.336. The molecule has 10 heteroatoms. The molecule has 0 amide bonds. The van der Waals surface area contributed by atoms with Gasteiger partial charge in [-0.3, -0.25) is 13.9 Å². The van der Waals surface area contributed by atoms with Crippen LogP contribution in [0, 0.1) is 0 Å². The van der Waals surface area contributed by atoms with Gasteiger partial charge in [-0.05, 0) is 30.3 Å². The third-order valence-corrected chi connectivity index (χ3v) is 5.27. The van der Waals surface area contributed by atoms with Crippen LogP contribution in [0.2, 0.25) is 5.02 Å². The van der Waals surface area contributed by atoms with Gasteiger partial charge in [0.1, 0.15) is 11.6 Å². The van der Waals surface area contributed by atoms with Gasteiger partial charge >= 0.3 is 6.55 Å². The molecular formula is C18H13ClF2N4O2S. The van der Waals surface area contributed by atoms with Gasteiger partial charge in [-0.25, -0.2) is 9.97 Å². The average molecular weight is 423 g/mol. The molecule has 0 spiro atoms. The maximum atomic E-state index is 13.1. The Hall–Kier alpha value is -2.65. The van der Waals surface area contributed by atoms with E-state index in [-0.39, 0.29) is 23.7 Å². The summed E-state index contributed by atoms with van der Waals surface area (Å²) in [6.45, 7) is -2.52. The number of alkyl halides is 2. The van der Waals surface area contributed by atoms with Crippen molar-refractivity contribution in [3.63, 3.8) is 0 Å². The molecule has 0 atom stereocenters. The summed E-state index contributed by atoms with van der Waals surface area (Å²) in [7, 11) is 0. The molecule has 4 aromatic rings. The summed E-state index contributed by atoms with van der Waals surface area (Å²) in [5.41, 5.74) is 0.172. The van der Waals surface area contributed by atoms with Crippen molar-refractivity contribution in [2.75, 3.05) is 0 Å². The number of benzene rings is 1.